The van der Waals surface area contributed by atoms with E-state index in [4.69, 9.17) is 0 Å². The van der Waals surface area contributed by atoms with Crippen LogP contribution < -0.4 is 16.4 Å². The molecule has 0 saturated heterocycles. The fourth-order valence-electron chi connectivity index (χ4n) is 3.22. The van der Waals surface area contributed by atoms with Crippen LogP contribution in [-0.2, 0) is 18.4 Å². The van der Waals surface area contributed by atoms with Crippen LogP contribution in [-0.4, -0.2) is 26.2 Å². The average Bonchev–Trinajstić information content (AvgIpc) is 3.11. The van der Waals surface area contributed by atoms with Gasteiger partial charge in [0.15, 0.2) is 0 Å². The quantitative estimate of drug-likeness (QED) is 0.510. The second kappa shape index (κ2) is 8.04. The third-order valence-electron chi connectivity index (χ3n) is 4.69. The Morgan fingerprint density at radius 1 is 0.933 bits per heavy atom. The normalized spacial score (nSPS) is 10.7. The fourth-order valence-corrected chi connectivity index (χ4v) is 3.22. The van der Waals surface area contributed by atoms with Gasteiger partial charge in [0.25, 0.3) is 17.4 Å². The molecule has 8 nitrogen and oxygen atoms in total. The Bertz CT molecular complexity index is 1290. The van der Waals surface area contributed by atoms with Gasteiger partial charge in [0.1, 0.15) is 6.54 Å². The molecule has 0 unspecified atom stereocenters. The average molecular weight is 401 g/mol. The first kappa shape index (κ1) is 19.1. The lowest BCUT2D eigenvalue weighted by Gasteiger charge is -2.09. The maximum Gasteiger partial charge on any atom is 0.271 e. The van der Waals surface area contributed by atoms with Crippen molar-refractivity contribution in [2.45, 2.75) is 6.54 Å². The van der Waals surface area contributed by atoms with Gasteiger partial charge in [-0.3, -0.25) is 25.2 Å². The third kappa shape index (κ3) is 3.83. The zero-order chi connectivity index (χ0) is 21.1. The topological polar surface area (TPSA) is 98.0 Å². The Morgan fingerprint density at radius 2 is 1.67 bits per heavy atom. The zero-order valence-corrected chi connectivity index (χ0v) is 16.2. The van der Waals surface area contributed by atoms with Crippen LogP contribution in [0.1, 0.15) is 10.4 Å². The first-order valence-corrected chi connectivity index (χ1v) is 9.30. The Morgan fingerprint density at radius 3 is 2.47 bits per heavy atom. The second-order valence-electron chi connectivity index (χ2n) is 6.75. The van der Waals surface area contributed by atoms with Gasteiger partial charge in [0, 0.05) is 35.8 Å². The number of rotatable bonds is 4. The van der Waals surface area contributed by atoms with Crippen molar-refractivity contribution < 1.29 is 9.59 Å². The van der Waals surface area contributed by atoms with Gasteiger partial charge < -0.3 is 4.57 Å². The first-order chi connectivity index (χ1) is 14.5. The summed E-state index contributed by atoms with van der Waals surface area (Å²) in [6.45, 7) is -0.324. The van der Waals surface area contributed by atoms with E-state index in [2.05, 4.69) is 16.0 Å². The summed E-state index contributed by atoms with van der Waals surface area (Å²) in [7, 11) is 1.84. The molecule has 0 bridgehead atoms. The summed E-state index contributed by atoms with van der Waals surface area (Å²) in [6.07, 6.45) is 1.70. The van der Waals surface area contributed by atoms with Crippen molar-refractivity contribution >= 4 is 22.7 Å². The number of para-hydroxylation sites is 1. The third-order valence-corrected chi connectivity index (χ3v) is 4.69. The highest BCUT2D eigenvalue weighted by atomic mass is 16.2. The van der Waals surface area contributed by atoms with Crippen LogP contribution in [0.5, 0.6) is 0 Å². The van der Waals surface area contributed by atoms with Gasteiger partial charge in [-0.1, -0.05) is 48.5 Å². The highest BCUT2D eigenvalue weighted by molar-refractivity contribution is 6.07. The molecule has 0 atom stereocenters. The molecule has 0 aliphatic heterocycles. The van der Waals surface area contributed by atoms with E-state index in [-0.39, 0.29) is 6.54 Å². The van der Waals surface area contributed by atoms with Gasteiger partial charge >= 0.3 is 0 Å². The monoisotopic (exact) mass is 401 g/mol. The van der Waals surface area contributed by atoms with Gasteiger partial charge in [0.2, 0.25) is 0 Å². The molecule has 30 heavy (non-hydrogen) atoms. The second-order valence-corrected chi connectivity index (χ2v) is 6.75. The van der Waals surface area contributed by atoms with Crippen LogP contribution in [0, 0.1) is 0 Å². The minimum atomic E-state index is -0.566. The number of nitrogens with zero attached hydrogens (tertiary/aromatic N) is 3. The number of hydrogen-bond donors (Lipinski definition) is 2. The van der Waals surface area contributed by atoms with Gasteiger partial charge in [-0.2, -0.15) is 5.10 Å². The summed E-state index contributed by atoms with van der Waals surface area (Å²) in [4.78, 5) is 36.9. The number of nitrogens with one attached hydrogen (secondary N) is 2. The molecule has 4 aromatic rings. The lowest BCUT2D eigenvalue weighted by molar-refractivity contribution is -0.122. The molecular formula is C22H19N5O3. The first-order valence-electron chi connectivity index (χ1n) is 9.30. The molecule has 2 aromatic carbocycles. The van der Waals surface area contributed by atoms with Gasteiger partial charge in [-0.05, 0) is 12.1 Å². The summed E-state index contributed by atoms with van der Waals surface area (Å²) >= 11 is 0. The van der Waals surface area contributed by atoms with Crippen LogP contribution in [0.25, 0.3) is 22.2 Å². The number of aromatic nitrogens is 3. The number of aryl methyl sites for hydroxylation is 1. The molecule has 0 saturated carbocycles. The van der Waals surface area contributed by atoms with E-state index in [1.165, 1.54) is 6.07 Å². The molecule has 0 radical (unpaired) electrons. The molecule has 150 valence electrons. The van der Waals surface area contributed by atoms with Crippen molar-refractivity contribution in [2.75, 3.05) is 0 Å². The minimum Gasteiger partial charge on any atom is -0.350 e. The zero-order valence-electron chi connectivity index (χ0n) is 16.2. The predicted molar refractivity (Wildman–Crippen MR) is 112 cm³/mol. The Kier molecular flexibility index (Phi) is 5.13. The summed E-state index contributed by atoms with van der Waals surface area (Å²) < 4.78 is 2.90. The van der Waals surface area contributed by atoms with E-state index < -0.39 is 17.4 Å². The van der Waals surface area contributed by atoms with E-state index in [1.807, 2.05) is 66.2 Å². The maximum atomic E-state index is 12.5. The smallest absolute Gasteiger partial charge is 0.271 e. The van der Waals surface area contributed by atoms with Gasteiger partial charge in [-0.25, -0.2) is 4.68 Å². The number of amides is 2. The molecule has 2 amide bonds. The lowest BCUT2D eigenvalue weighted by Crippen LogP contribution is -2.44. The highest BCUT2D eigenvalue weighted by Gasteiger charge is 2.15. The Balaban J connectivity index is 1.45. The molecule has 4 rings (SSSR count). The summed E-state index contributed by atoms with van der Waals surface area (Å²) in [5.74, 6) is -1.01. The Hall–Kier alpha value is -4.20. The van der Waals surface area contributed by atoms with Crippen LogP contribution in [0.15, 0.2) is 77.7 Å². The van der Waals surface area contributed by atoms with Gasteiger partial charge in [-0.15, -0.1) is 0 Å². The van der Waals surface area contributed by atoms with Crippen LogP contribution in [0.3, 0.4) is 0 Å². The van der Waals surface area contributed by atoms with E-state index in [0.29, 0.717) is 11.3 Å². The van der Waals surface area contributed by atoms with E-state index >= 15 is 0 Å². The number of fused-ring (bicyclic) bond motifs is 1. The minimum absolute atomic E-state index is 0.324. The highest BCUT2D eigenvalue weighted by Crippen LogP contribution is 2.19. The summed E-state index contributed by atoms with van der Waals surface area (Å²) in [5, 5.41) is 5.02. The van der Waals surface area contributed by atoms with E-state index in [1.54, 1.807) is 12.3 Å². The van der Waals surface area contributed by atoms with Crippen LogP contribution >= 0.6 is 0 Å². The number of carbonyl (C=O) groups excluding carboxylic acids is 2. The van der Waals surface area contributed by atoms with Crippen molar-refractivity contribution in [3.8, 4) is 11.3 Å². The lowest BCUT2D eigenvalue weighted by atomic mass is 10.1. The molecule has 0 spiro atoms. The molecule has 2 heterocycles. The summed E-state index contributed by atoms with van der Waals surface area (Å²) in [6, 6.07) is 19.8. The van der Waals surface area contributed by atoms with E-state index in [9.17, 15) is 14.4 Å². The largest absolute Gasteiger partial charge is 0.350 e. The van der Waals surface area contributed by atoms with Crippen molar-refractivity contribution in [2.24, 2.45) is 7.05 Å². The van der Waals surface area contributed by atoms with Gasteiger partial charge in [0.05, 0.1) is 11.3 Å². The molecular weight excluding hydrogens is 382 g/mol. The molecule has 8 heteroatoms. The van der Waals surface area contributed by atoms with Crippen LogP contribution in [0.2, 0.25) is 0 Å². The van der Waals surface area contributed by atoms with Crippen molar-refractivity contribution in [1.29, 1.82) is 0 Å². The SMILES string of the molecule is Cn1cc(C(=O)NNC(=O)Cn2nc(-c3ccccc3)ccc2=O)c2ccccc21. The van der Waals surface area contributed by atoms with Crippen molar-refractivity contribution in [3.63, 3.8) is 0 Å². The fraction of sp³-hybridized carbons (Fsp3) is 0.0909. The van der Waals surface area contributed by atoms with Crippen molar-refractivity contribution in [1.82, 2.24) is 25.2 Å². The standard InChI is InChI=1S/C22H19N5O3/c1-26-13-17(16-9-5-6-10-19(16)26)22(30)24-23-20(28)14-27-21(29)12-11-18(25-27)15-7-3-2-4-8-15/h2-13H,14H2,1H3,(H,23,28)(H,24,30). The molecule has 0 fully saturated rings. The predicted octanol–water partition coefficient (Wildman–Crippen LogP) is 1.86. The number of hydrazine groups is 1. The molecule has 0 aliphatic rings. The van der Waals surface area contributed by atoms with E-state index in [0.717, 1.165) is 21.1 Å². The number of benzene rings is 2. The summed E-state index contributed by atoms with van der Waals surface area (Å²) in [5.41, 5.74) is 7.07. The Labute approximate surface area is 171 Å². The number of hydrogen-bond acceptors (Lipinski definition) is 4. The van der Waals surface area contributed by atoms with Crippen LogP contribution in [0.4, 0.5) is 0 Å². The molecule has 0 aliphatic carbocycles. The van der Waals surface area contributed by atoms with Crippen molar-refractivity contribution in [3.05, 3.63) is 88.8 Å². The maximum absolute atomic E-state index is 12.5. The molecule has 2 aromatic heterocycles. The molecule has 2 N–H and O–H groups in total. The number of carbonyl (C=O) groups is 2.